The molecule has 0 radical (unpaired) electrons. The Hall–Kier alpha value is -1.26. The first-order chi connectivity index (χ1) is 6.72. The van der Waals surface area contributed by atoms with Gasteiger partial charge in [-0.1, -0.05) is 5.11 Å². The number of aliphatic hydroxyl groups excluding tert-OH is 1. The standard InChI is InChI=1S/C8H16N4O2/c1-12(6-7-13)8(14)4-2-3-5-10-11-9/h13H,2-7H2,1H3. The van der Waals surface area contributed by atoms with Crippen LogP contribution in [0.2, 0.25) is 0 Å². The molecule has 1 N–H and O–H groups in total. The number of rotatable bonds is 7. The van der Waals surface area contributed by atoms with Crippen molar-refractivity contribution in [1.82, 2.24) is 4.90 Å². The number of azide groups is 1. The molecular weight excluding hydrogens is 184 g/mol. The molecule has 0 heterocycles. The van der Waals surface area contributed by atoms with Gasteiger partial charge in [0.1, 0.15) is 0 Å². The lowest BCUT2D eigenvalue weighted by molar-refractivity contribution is -0.130. The maximum absolute atomic E-state index is 11.3. The highest BCUT2D eigenvalue weighted by Gasteiger charge is 2.06. The quantitative estimate of drug-likeness (QED) is 0.286. The normalized spacial score (nSPS) is 9.29. The topological polar surface area (TPSA) is 89.3 Å². The molecule has 0 aliphatic rings. The molecule has 0 aromatic rings. The molecule has 6 heteroatoms. The largest absolute Gasteiger partial charge is 0.395 e. The number of carbonyl (C=O) groups excluding carboxylic acids is 1. The SMILES string of the molecule is CN(CCO)C(=O)CCCCN=[N+]=[N-]. The second-order valence-electron chi connectivity index (χ2n) is 2.95. The predicted molar refractivity (Wildman–Crippen MR) is 52.6 cm³/mol. The Morgan fingerprint density at radius 3 is 2.86 bits per heavy atom. The molecule has 0 atom stereocenters. The predicted octanol–water partition coefficient (Wildman–Crippen LogP) is 0.918. The van der Waals surface area contributed by atoms with Crippen molar-refractivity contribution in [1.29, 1.82) is 0 Å². The minimum Gasteiger partial charge on any atom is -0.395 e. The molecule has 0 aromatic heterocycles. The van der Waals surface area contributed by atoms with E-state index in [9.17, 15) is 4.79 Å². The summed E-state index contributed by atoms with van der Waals surface area (Å²) in [6, 6.07) is 0. The van der Waals surface area contributed by atoms with Crippen LogP contribution in [0.1, 0.15) is 19.3 Å². The maximum Gasteiger partial charge on any atom is 0.222 e. The van der Waals surface area contributed by atoms with E-state index in [-0.39, 0.29) is 12.5 Å². The molecule has 80 valence electrons. The van der Waals surface area contributed by atoms with Gasteiger partial charge >= 0.3 is 0 Å². The van der Waals surface area contributed by atoms with Gasteiger partial charge in [0.05, 0.1) is 6.61 Å². The molecule has 0 rings (SSSR count). The summed E-state index contributed by atoms with van der Waals surface area (Å²) >= 11 is 0. The van der Waals surface area contributed by atoms with Crippen molar-refractivity contribution < 1.29 is 9.90 Å². The van der Waals surface area contributed by atoms with Crippen LogP contribution < -0.4 is 0 Å². The van der Waals surface area contributed by atoms with E-state index in [1.54, 1.807) is 7.05 Å². The molecule has 0 saturated carbocycles. The number of hydrogen-bond acceptors (Lipinski definition) is 3. The summed E-state index contributed by atoms with van der Waals surface area (Å²) in [6.07, 6.45) is 1.88. The van der Waals surface area contributed by atoms with Gasteiger partial charge in [-0.3, -0.25) is 4.79 Å². The van der Waals surface area contributed by atoms with Crippen molar-refractivity contribution in [3.63, 3.8) is 0 Å². The average Bonchev–Trinajstić information content (AvgIpc) is 2.17. The molecule has 0 unspecified atom stereocenters. The fraction of sp³-hybridized carbons (Fsp3) is 0.875. The Morgan fingerprint density at radius 2 is 2.29 bits per heavy atom. The summed E-state index contributed by atoms with van der Waals surface area (Å²) in [5.41, 5.74) is 7.99. The Kier molecular flexibility index (Phi) is 7.59. The molecule has 1 amide bonds. The van der Waals surface area contributed by atoms with Crippen LogP contribution in [0.5, 0.6) is 0 Å². The number of hydrogen-bond donors (Lipinski definition) is 1. The van der Waals surface area contributed by atoms with Gasteiger partial charge in [-0.2, -0.15) is 0 Å². The van der Waals surface area contributed by atoms with Gasteiger partial charge in [0.25, 0.3) is 0 Å². The second kappa shape index (κ2) is 8.34. The van der Waals surface area contributed by atoms with Crippen LogP contribution in [-0.2, 0) is 4.79 Å². The summed E-state index contributed by atoms with van der Waals surface area (Å²) in [5.74, 6) is 0.0139. The zero-order chi connectivity index (χ0) is 10.8. The summed E-state index contributed by atoms with van der Waals surface area (Å²) in [6.45, 7) is 0.795. The lowest BCUT2D eigenvalue weighted by atomic mass is 10.2. The molecule has 14 heavy (non-hydrogen) atoms. The van der Waals surface area contributed by atoms with Gasteiger partial charge in [-0.05, 0) is 18.4 Å². The van der Waals surface area contributed by atoms with Crippen molar-refractivity contribution in [2.75, 3.05) is 26.7 Å². The van der Waals surface area contributed by atoms with E-state index in [2.05, 4.69) is 10.0 Å². The van der Waals surface area contributed by atoms with Crippen LogP contribution in [0, 0.1) is 0 Å². The van der Waals surface area contributed by atoms with Crippen LogP contribution in [0.4, 0.5) is 0 Å². The van der Waals surface area contributed by atoms with Gasteiger partial charge < -0.3 is 10.0 Å². The van der Waals surface area contributed by atoms with Crippen LogP contribution in [0.3, 0.4) is 0 Å². The van der Waals surface area contributed by atoms with Crippen LogP contribution in [0.25, 0.3) is 10.4 Å². The molecular formula is C8H16N4O2. The van der Waals surface area contributed by atoms with Gasteiger partial charge in [0, 0.05) is 31.5 Å². The van der Waals surface area contributed by atoms with Crippen molar-refractivity contribution in [3.05, 3.63) is 10.4 Å². The smallest absolute Gasteiger partial charge is 0.222 e. The third-order valence-electron chi connectivity index (χ3n) is 1.82. The molecule has 0 saturated heterocycles. The zero-order valence-corrected chi connectivity index (χ0v) is 8.39. The minimum absolute atomic E-state index is 0.0129. The highest BCUT2D eigenvalue weighted by molar-refractivity contribution is 5.75. The number of nitrogens with zero attached hydrogens (tertiary/aromatic N) is 4. The van der Waals surface area contributed by atoms with E-state index >= 15 is 0 Å². The zero-order valence-electron chi connectivity index (χ0n) is 8.39. The number of amides is 1. The molecule has 0 aliphatic heterocycles. The van der Waals surface area contributed by atoms with Crippen molar-refractivity contribution >= 4 is 5.91 Å². The van der Waals surface area contributed by atoms with E-state index < -0.39 is 0 Å². The molecule has 0 fully saturated rings. The summed E-state index contributed by atoms with van der Waals surface area (Å²) < 4.78 is 0. The van der Waals surface area contributed by atoms with Crippen LogP contribution >= 0.6 is 0 Å². The number of unbranched alkanes of at least 4 members (excludes halogenated alkanes) is 1. The van der Waals surface area contributed by atoms with Crippen molar-refractivity contribution in [3.8, 4) is 0 Å². The summed E-state index contributed by atoms with van der Waals surface area (Å²) in [7, 11) is 1.66. The van der Waals surface area contributed by atoms with Crippen LogP contribution in [0.15, 0.2) is 5.11 Å². The summed E-state index contributed by atoms with van der Waals surface area (Å²) in [5, 5.41) is 11.9. The van der Waals surface area contributed by atoms with E-state index in [0.29, 0.717) is 25.9 Å². The Morgan fingerprint density at radius 1 is 1.57 bits per heavy atom. The number of likely N-dealkylation sites (N-methyl/N-ethyl adjacent to an activating group) is 1. The molecule has 0 aromatic carbocycles. The Labute approximate surface area is 83.1 Å². The molecule has 0 aliphatic carbocycles. The van der Waals surface area contributed by atoms with E-state index in [1.807, 2.05) is 0 Å². The number of aliphatic hydroxyl groups is 1. The first-order valence-corrected chi connectivity index (χ1v) is 4.58. The van der Waals surface area contributed by atoms with Crippen LogP contribution in [-0.4, -0.2) is 42.7 Å². The Balaban J connectivity index is 3.48. The minimum atomic E-state index is -0.0129. The summed E-state index contributed by atoms with van der Waals surface area (Å²) in [4.78, 5) is 15.4. The first-order valence-electron chi connectivity index (χ1n) is 4.58. The first kappa shape index (κ1) is 12.7. The van der Waals surface area contributed by atoms with Gasteiger partial charge in [-0.25, -0.2) is 0 Å². The average molecular weight is 200 g/mol. The van der Waals surface area contributed by atoms with Gasteiger partial charge in [-0.15, -0.1) is 0 Å². The maximum atomic E-state index is 11.3. The second-order valence-corrected chi connectivity index (χ2v) is 2.95. The fourth-order valence-corrected chi connectivity index (χ4v) is 0.969. The van der Waals surface area contributed by atoms with E-state index in [0.717, 1.165) is 6.42 Å². The lowest BCUT2D eigenvalue weighted by Crippen LogP contribution is -2.29. The Bertz CT molecular complexity index is 213. The monoisotopic (exact) mass is 200 g/mol. The fourth-order valence-electron chi connectivity index (χ4n) is 0.969. The van der Waals surface area contributed by atoms with E-state index in [1.165, 1.54) is 4.90 Å². The number of carbonyl (C=O) groups is 1. The highest BCUT2D eigenvalue weighted by Crippen LogP contribution is 1.99. The molecule has 0 bridgehead atoms. The van der Waals surface area contributed by atoms with Crippen molar-refractivity contribution in [2.24, 2.45) is 5.11 Å². The van der Waals surface area contributed by atoms with Crippen molar-refractivity contribution in [2.45, 2.75) is 19.3 Å². The molecule has 6 nitrogen and oxygen atoms in total. The third kappa shape index (κ3) is 6.28. The molecule has 0 spiro atoms. The van der Waals surface area contributed by atoms with Gasteiger partial charge in [0.15, 0.2) is 0 Å². The van der Waals surface area contributed by atoms with Gasteiger partial charge in [0.2, 0.25) is 5.91 Å². The van der Waals surface area contributed by atoms with E-state index in [4.69, 9.17) is 10.6 Å². The highest BCUT2D eigenvalue weighted by atomic mass is 16.3. The lowest BCUT2D eigenvalue weighted by Gasteiger charge is -2.14. The third-order valence-corrected chi connectivity index (χ3v) is 1.82.